The molecule has 0 saturated carbocycles. The standard InChI is InChI=1S/C11H14N2O3.H2O/c1-8(11(16)12-7-10(14)15)13-9-5-3-2-4-6-9;/h2-6,8,13H,7H2,1H3,(H,12,16)(H,14,15);1H2/t8-;/m0./s1. The van der Waals surface area contributed by atoms with Crippen LogP contribution in [0.2, 0.25) is 0 Å². The largest absolute Gasteiger partial charge is 0.480 e. The zero-order chi connectivity index (χ0) is 12.0. The molecule has 1 aromatic carbocycles. The molecule has 0 heterocycles. The van der Waals surface area contributed by atoms with Crippen LogP contribution in [-0.2, 0) is 9.59 Å². The molecule has 17 heavy (non-hydrogen) atoms. The number of aliphatic carboxylic acids is 1. The van der Waals surface area contributed by atoms with Crippen LogP contribution in [0.1, 0.15) is 6.92 Å². The number of carboxylic acids is 1. The summed E-state index contributed by atoms with van der Waals surface area (Å²) in [5.74, 6) is -1.40. The van der Waals surface area contributed by atoms with Gasteiger partial charge in [-0.25, -0.2) is 0 Å². The van der Waals surface area contributed by atoms with E-state index in [0.29, 0.717) is 0 Å². The van der Waals surface area contributed by atoms with Crippen molar-refractivity contribution in [2.75, 3.05) is 11.9 Å². The summed E-state index contributed by atoms with van der Waals surface area (Å²) in [5.41, 5.74) is 0.820. The predicted octanol–water partition coefficient (Wildman–Crippen LogP) is -0.137. The first-order valence-electron chi connectivity index (χ1n) is 4.90. The number of rotatable bonds is 5. The number of amides is 1. The van der Waals surface area contributed by atoms with Crippen LogP contribution < -0.4 is 10.6 Å². The van der Waals surface area contributed by atoms with Gasteiger partial charge in [0.05, 0.1) is 0 Å². The van der Waals surface area contributed by atoms with E-state index < -0.39 is 12.0 Å². The van der Waals surface area contributed by atoms with Gasteiger partial charge in [-0.3, -0.25) is 9.59 Å². The van der Waals surface area contributed by atoms with Crippen LogP contribution in [-0.4, -0.2) is 35.0 Å². The fraction of sp³-hybridized carbons (Fsp3) is 0.273. The van der Waals surface area contributed by atoms with Gasteiger partial charge in [0.2, 0.25) is 5.91 Å². The molecule has 0 aliphatic heterocycles. The van der Waals surface area contributed by atoms with Crippen molar-refractivity contribution < 1.29 is 20.2 Å². The molecule has 1 rings (SSSR count). The zero-order valence-corrected chi connectivity index (χ0v) is 9.43. The van der Waals surface area contributed by atoms with Gasteiger partial charge in [0.1, 0.15) is 12.6 Å². The molecule has 5 N–H and O–H groups in total. The lowest BCUT2D eigenvalue weighted by atomic mass is 10.2. The number of anilines is 1. The van der Waals surface area contributed by atoms with E-state index in [-0.39, 0.29) is 17.9 Å². The van der Waals surface area contributed by atoms with Crippen molar-refractivity contribution in [2.24, 2.45) is 0 Å². The lowest BCUT2D eigenvalue weighted by molar-refractivity contribution is -0.138. The van der Waals surface area contributed by atoms with Crippen LogP contribution in [0.3, 0.4) is 0 Å². The maximum atomic E-state index is 11.4. The van der Waals surface area contributed by atoms with Gasteiger partial charge in [0, 0.05) is 5.69 Å². The molecule has 94 valence electrons. The highest BCUT2D eigenvalue weighted by molar-refractivity contribution is 5.86. The Hall–Kier alpha value is -2.08. The first kappa shape index (κ1) is 14.9. The fourth-order valence-electron chi connectivity index (χ4n) is 1.17. The molecule has 0 aliphatic carbocycles. The van der Waals surface area contributed by atoms with Crippen molar-refractivity contribution in [3.63, 3.8) is 0 Å². The summed E-state index contributed by atoms with van der Waals surface area (Å²) < 4.78 is 0. The number of carboxylic acid groups (broad SMARTS) is 1. The topological polar surface area (TPSA) is 110 Å². The molecule has 0 aromatic heterocycles. The van der Waals surface area contributed by atoms with Gasteiger partial charge in [0.25, 0.3) is 0 Å². The molecule has 0 bridgehead atoms. The summed E-state index contributed by atoms with van der Waals surface area (Å²) in [4.78, 5) is 21.7. The van der Waals surface area contributed by atoms with Crippen molar-refractivity contribution in [1.82, 2.24) is 5.32 Å². The Morgan fingerprint density at radius 3 is 2.41 bits per heavy atom. The van der Waals surface area contributed by atoms with E-state index in [2.05, 4.69) is 10.6 Å². The third-order valence-corrected chi connectivity index (χ3v) is 1.96. The summed E-state index contributed by atoms with van der Waals surface area (Å²) in [5, 5.41) is 13.7. The SMILES string of the molecule is C[C@H](Nc1ccccc1)C(=O)NCC(=O)O.O. The highest BCUT2D eigenvalue weighted by Gasteiger charge is 2.12. The molecule has 6 heteroatoms. The van der Waals surface area contributed by atoms with E-state index in [1.807, 2.05) is 30.3 Å². The number of benzene rings is 1. The monoisotopic (exact) mass is 240 g/mol. The van der Waals surface area contributed by atoms with E-state index in [9.17, 15) is 9.59 Å². The normalized spacial score (nSPS) is 10.9. The smallest absolute Gasteiger partial charge is 0.322 e. The van der Waals surface area contributed by atoms with E-state index >= 15 is 0 Å². The molecule has 0 saturated heterocycles. The first-order chi connectivity index (χ1) is 7.59. The van der Waals surface area contributed by atoms with Crippen molar-refractivity contribution in [3.8, 4) is 0 Å². The maximum Gasteiger partial charge on any atom is 0.322 e. The van der Waals surface area contributed by atoms with Crippen molar-refractivity contribution >= 4 is 17.6 Å². The van der Waals surface area contributed by atoms with Crippen molar-refractivity contribution in [2.45, 2.75) is 13.0 Å². The first-order valence-corrected chi connectivity index (χ1v) is 4.90. The molecule has 0 aliphatic rings. The van der Waals surface area contributed by atoms with E-state index in [0.717, 1.165) is 5.69 Å². The molecule has 0 spiro atoms. The number of hydrogen-bond acceptors (Lipinski definition) is 3. The molecular weight excluding hydrogens is 224 g/mol. The summed E-state index contributed by atoms with van der Waals surface area (Å²) in [6.07, 6.45) is 0. The Labute approximate surface area is 99.0 Å². The highest BCUT2D eigenvalue weighted by Crippen LogP contribution is 2.06. The van der Waals surface area contributed by atoms with Crippen LogP contribution in [0, 0.1) is 0 Å². The Morgan fingerprint density at radius 2 is 1.88 bits per heavy atom. The molecule has 0 radical (unpaired) electrons. The average Bonchev–Trinajstić information content (AvgIpc) is 2.27. The van der Waals surface area contributed by atoms with Gasteiger partial charge in [-0.1, -0.05) is 18.2 Å². The van der Waals surface area contributed by atoms with E-state index in [1.165, 1.54) is 0 Å². The second-order valence-electron chi connectivity index (χ2n) is 3.34. The Balaban J connectivity index is 0.00000256. The minimum atomic E-state index is -1.06. The molecule has 1 aromatic rings. The lowest BCUT2D eigenvalue weighted by Crippen LogP contribution is -2.39. The maximum absolute atomic E-state index is 11.4. The van der Waals surface area contributed by atoms with Crippen LogP contribution >= 0.6 is 0 Å². The molecule has 0 unspecified atom stereocenters. The Morgan fingerprint density at radius 1 is 1.29 bits per heavy atom. The third kappa shape index (κ3) is 5.53. The average molecular weight is 240 g/mol. The second-order valence-corrected chi connectivity index (χ2v) is 3.34. The van der Waals surface area contributed by atoms with E-state index in [1.54, 1.807) is 6.92 Å². The number of hydrogen-bond donors (Lipinski definition) is 3. The number of carbonyl (C=O) groups is 2. The number of nitrogens with one attached hydrogen (secondary N) is 2. The minimum Gasteiger partial charge on any atom is -0.480 e. The van der Waals surface area contributed by atoms with Crippen LogP contribution in [0.4, 0.5) is 5.69 Å². The van der Waals surface area contributed by atoms with Gasteiger partial charge >= 0.3 is 5.97 Å². The Bertz CT molecular complexity index is 367. The molecule has 6 nitrogen and oxygen atoms in total. The fourth-order valence-corrected chi connectivity index (χ4v) is 1.17. The van der Waals surface area contributed by atoms with Gasteiger partial charge < -0.3 is 21.2 Å². The molecule has 0 fully saturated rings. The molecule has 1 atom stereocenters. The summed E-state index contributed by atoms with van der Waals surface area (Å²) in [6.45, 7) is 1.31. The van der Waals surface area contributed by atoms with Gasteiger partial charge in [-0.15, -0.1) is 0 Å². The zero-order valence-electron chi connectivity index (χ0n) is 9.43. The van der Waals surface area contributed by atoms with E-state index in [4.69, 9.17) is 5.11 Å². The summed E-state index contributed by atoms with van der Waals surface area (Å²) in [6, 6.07) is 8.78. The lowest BCUT2D eigenvalue weighted by Gasteiger charge is -2.14. The second kappa shape index (κ2) is 7.24. The van der Waals surface area contributed by atoms with Gasteiger partial charge in [0.15, 0.2) is 0 Å². The highest BCUT2D eigenvalue weighted by atomic mass is 16.4. The van der Waals surface area contributed by atoms with Crippen LogP contribution in [0.5, 0.6) is 0 Å². The minimum absolute atomic E-state index is 0. The third-order valence-electron chi connectivity index (χ3n) is 1.96. The summed E-state index contributed by atoms with van der Waals surface area (Å²) in [7, 11) is 0. The molecular formula is C11H16N2O4. The van der Waals surface area contributed by atoms with Crippen LogP contribution in [0.25, 0.3) is 0 Å². The van der Waals surface area contributed by atoms with Gasteiger partial charge in [-0.2, -0.15) is 0 Å². The van der Waals surface area contributed by atoms with Crippen molar-refractivity contribution in [1.29, 1.82) is 0 Å². The number of para-hydroxylation sites is 1. The molecule has 1 amide bonds. The van der Waals surface area contributed by atoms with Crippen molar-refractivity contribution in [3.05, 3.63) is 30.3 Å². The van der Waals surface area contributed by atoms with Gasteiger partial charge in [-0.05, 0) is 19.1 Å². The number of carbonyl (C=O) groups excluding carboxylic acids is 1. The quantitative estimate of drug-likeness (QED) is 0.665. The Kier molecular flexibility index (Phi) is 6.35. The summed E-state index contributed by atoms with van der Waals surface area (Å²) >= 11 is 0. The predicted molar refractivity (Wildman–Crippen MR) is 63.8 cm³/mol. The van der Waals surface area contributed by atoms with Crippen LogP contribution in [0.15, 0.2) is 30.3 Å².